The van der Waals surface area contributed by atoms with E-state index in [-0.39, 0.29) is 5.75 Å². The van der Waals surface area contributed by atoms with Crippen LogP contribution < -0.4 is 4.72 Å². The Labute approximate surface area is 100 Å². The Morgan fingerprint density at radius 2 is 1.65 bits per heavy atom. The van der Waals surface area contributed by atoms with E-state index in [9.17, 15) is 8.42 Å². The Hall–Kier alpha value is -1.88. The zero-order chi connectivity index (χ0) is 12.1. The molecule has 0 amide bonds. The first-order valence-electron chi connectivity index (χ1n) is 5.10. The number of nitrogens with one attached hydrogen (secondary N) is 1. The lowest BCUT2D eigenvalue weighted by Crippen LogP contribution is -2.14. The molecule has 17 heavy (non-hydrogen) atoms. The quantitative estimate of drug-likeness (QED) is 0.900. The van der Waals surface area contributed by atoms with Gasteiger partial charge in [0.1, 0.15) is 0 Å². The van der Waals surface area contributed by atoms with Gasteiger partial charge in [-0.15, -0.1) is 0 Å². The predicted octanol–water partition coefficient (Wildman–Crippen LogP) is 2.02. The molecule has 4 nitrogen and oxygen atoms in total. The minimum atomic E-state index is -3.37. The van der Waals surface area contributed by atoms with Crippen LogP contribution in [0, 0.1) is 0 Å². The average Bonchev–Trinajstić information content (AvgIpc) is 2.30. The van der Waals surface area contributed by atoms with Gasteiger partial charge < -0.3 is 0 Å². The molecule has 0 fully saturated rings. The summed E-state index contributed by atoms with van der Waals surface area (Å²) in [6.07, 6.45) is 3.08. The van der Waals surface area contributed by atoms with Crippen molar-refractivity contribution in [3.8, 4) is 0 Å². The van der Waals surface area contributed by atoms with Crippen LogP contribution in [0.4, 0.5) is 5.69 Å². The molecule has 1 aromatic carbocycles. The molecule has 2 aromatic rings. The molecule has 0 spiro atoms. The van der Waals surface area contributed by atoms with Gasteiger partial charge in [0.2, 0.25) is 10.0 Å². The number of hydrogen-bond donors (Lipinski definition) is 1. The summed E-state index contributed by atoms with van der Waals surface area (Å²) in [6.45, 7) is 0. The lowest BCUT2D eigenvalue weighted by Gasteiger charge is -2.07. The molecule has 88 valence electrons. The molecule has 0 aliphatic heterocycles. The number of pyridine rings is 1. The summed E-state index contributed by atoms with van der Waals surface area (Å²) in [6, 6.07) is 12.3. The largest absolute Gasteiger partial charge is 0.283 e. The summed E-state index contributed by atoms with van der Waals surface area (Å²) in [5.41, 5.74) is 1.28. The van der Waals surface area contributed by atoms with Crippen molar-refractivity contribution < 1.29 is 8.42 Å². The van der Waals surface area contributed by atoms with E-state index in [4.69, 9.17) is 0 Å². The lowest BCUT2D eigenvalue weighted by atomic mass is 10.2. The summed E-state index contributed by atoms with van der Waals surface area (Å²) < 4.78 is 26.2. The highest BCUT2D eigenvalue weighted by Gasteiger charge is 2.10. The van der Waals surface area contributed by atoms with Gasteiger partial charge in [-0.25, -0.2) is 8.42 Å². The SMILES string of the molecule is O=S(=O)(Cc1ccccc1)Nc1ccncc1. The molecule has 1 heterocycles. The molecular weight excluding hydrogens is 236 g/mol. The third kappa shape index (κ3) is 3.57. The van der Waals surface area contributed by atoms with E-state index in [0.717, 1.165) is 5.56 Å². The third-order valence-electron chi connectivity index (χ3n) is 2.15. The van der Waals surface area contributed by atoms with E-state index in [0.29, 0.717) is 5.69 Å². The van der Waals surface area contributed by atoms with Gasteiger partial charge >= 0.3 is 0 Å². The average molecular weight is 248 g/mol. The Kier molecular flexibility index (Phi) is 3.39. The van der Waals surface area contributed by atoms with E-state index in [1.165, 1.54) is 0 Å². The number of rotatable bonds is 4. The maximum Gasteiger partial charge on any atom is 0.236 e. The molecule has 2 rings (SSSR count). The summed E-state index contributed by atoms with van der Waals surface area (Å²) in [4.78, 5) is 3.82. The maximum atomic E-state index is 11.8. The second-order valence-electron chi connectivity index (χ2n) is 3.58. The van der Waals surface area contributed by atoms with Crippen LogP contribution in [0.5, 0.6) is 0 Å². The van der Waals surface area contributed by atoms with Crippen molar-refractivity contribution in [3.63, 3.8) is 0 Å². The highest BCUT2D eigenvalue weighted by Crippen LogP contribution is 2.11. The van der Waals surface area contributed by atoms with Crippen molar-refractivity contribution in [2.75, 3.05) is 4.72 Å². The van der Waals surface area contributed by atoms with Gasteiger partial charge in [0, 0.05) is 12.4 Å². The van der Waals surface area contributed by atoms with Crippen LogP contribution in [0.1, 0.15) is 5.56 Å². The van der Waals surface area contributed by atoms with Gasteiger partial charge in [-0.1, -0.05) is 30.3 Å². The Morgan fingerprint density at radius 1 is 1.00 bits per heavy atom. The van der Waals surface area contributed by atoms with Crippen molar-refractivity contribution in [1.29, 1.82) is 0 Å². The number of sulfonamides is 1. The number of aromatic nitrogens is 1. The fourth-order valence-electron chi connectivity index (χ4n) is 1.43. The zero-order valence-electron chi connectivity index (χ0n) is 9.08. The molecule has 0 radical (unpaired) electrons. The minimum absolute atomic E-state index is 0.0316. The zero-order valence-corrected chi connectivity index (χ0v) is 9.89. The van der Waals surface area contributed by atoms with Crippen molar-refractivity contribution in [1.82, 2.24) is 4.98 Å². The molecule has 0 saturated heterocycles. The van der Waals surface area contributed by atoms with Gasteiger partial charge in [-0.05, 0) is 17.7 Å². The summed E-state index contributed by atoms with van der Waals surface area (Å²) in [5, 5.41) is 0. The molecule has 0 aliphatic rings. The fraction of sp³-hybridized carbons (Fsp3) is 0.0833. The lowest BCUT2D eigenvalue weighted by molar-refractivity contribution is 0.600. The van der Waals surface area contributed by atoms with Crippen molar-refractivity contribution in [2.45, 2.75) is 5.75 Å². The summed E-state index contributed by atoms with van der Waals surface area (Å²) in [5.74, 6) is -0.0316. The second kappa shape index (κ2) is 4.97. The Balaban J connectivity index is 2.11. The number of nitrogens with zero attached hydrogens (tertiary/aromatic N) is 1. The van der Waals surface area contributed by atoms with Gasteiger partial charge in [0.25, 0.3) is 0 Å². The molecule has 1 N–H and O–H groups in total. The molecule has 1 aromatic heterocycles. The van der Waals surface area contributed by atoms with Crippen LogP contribution in [0.25, 0.3) is 0 Å². The molecule has 0 bridgehead atoms. The van der Waals surface area contributed by atoms with E-state index >= 15 is 0 Å². The van der Waals surface area contributed by atoms with E-state index in [1.54, 1.807) is 36.7 Å². The van der Waals surface area contributed by atoms with Crippen LogP contribution in [0.15, 0.2) is 54.9 Å². The van der Waals surface area contributed by atoms with Crippen LogP contribution in [0.2, 0.25) is 0 Å². The van der Waals surface area contributed by atoms with Crippen molar-refractivity contribution in [2.24, 2.45) is 0 Å². The molecule has 0 aliphatic carbocycles. The van der Waals surface area contributed by atoms with Gasteiger partial charge in [0.15, 0.2) is 0 Å². The first kappa shape index (κ1) is 11.6. The Bertz CT molecular complexity index is 520. The highest BCUT2D eigenvalue weighted by atomic mass is 32.2. The Morgan fingerprint density at radius 3 is 2.29 bits per heavy atom. The van der Waals surface area contributed by atoms with Crippen LogP contribution in [-0.4, -0.2) is 13.4 Å². The van der Waals surface area contributed by atoms with E-state index in [2.05, 4.69) is 9.71 Å². The highest BCUT2D eigenvalue weighted by molar-refractivity contribution is 7.91. The first-order valence-corrected chi connectivity index (χ1v) is 6.75. The van der Waals surface area contributed by atoms with Gasteiger partial charge in [0.05, 0.1) is 11.4 Å². The topological polar surface area (TPSA) is 59.1 Å². The maximum absolute atomic E-state index is 11.8. The smallest absolute Gasteiger partial charge is 0.236 e. The minimum Gasteiger partial charge on any atom is -0.283 e. The molecule has 0 unspecified atom stereocenters. The number of anilines is 1. The molecule has 0 atom stereocenters. The third-order valence-corrected chi connectivity index (χ3v) is 3.41. The molecule has 0 saturated carbocycles. The predicted molar refractivity (Wildman–Crippen MR) is 66.9 cm³/mol. The van der Waals surface area contributed by atoms with Crippen LogP contribution >= 0.6 is 0 Å². The van der Waals surface area contributed by atoms with E-state index in [1.807, 2.05) is 18.2 Å². The second-order valence-corrected chi connectivity index (χ2v) is 5.30. The monoisotopic (exact) mass is 248 g/mol. The molecular formula is C12H12N2O2S. The van der Waals surface area contributed by atoms with Crippen molar-refractivity contribution in [3.05, 3.63) is 60.4 Å². The van der Waals surface area contributed by atoms with Gasteiger partial charge in [-0.3, -0.25) is 9.71 Å². The van der Waals surface area contributed by atoms with Crippen molar-refractivity contribution >= 4 is 15.7 Å². The van der Waals surface area contributed by atoms with Crippen LogP contribution in [-0.2, 0) is 15.8 Å². The number of hydrogen-bond acceptors (Lipinski definition) is 3. The molecule has 5 heteroatoms. The number of benzene rings is 1. The normalized spacial score (nSPS) is 11.1. The summed E-state index contributed by atoms with van der Waals surface area (Å²) >= 11 is 0. The van der Waals surface area contributed by atoms with E-state index < -0.39 is 10.0 Å². The first-order chi connectivity index (χ1) is 8.16. The summed E-state index contributed by atoms with van der Waals surface area (Å²) in [7, 11) is -3.37. The standard InChI is InChI=1S/C12H12N2O2S/c15-17(16,10-11-4-2-1-3-5-11)14-12-6-8-13-9-7-12/h1-9H,10H2,(H,13,14). The van der Waals surface area contributed by atoms with Gasteiger partial charge in [-0.2, -0.15) is 0 Å². The fourth-order valence-corrected chi connectivity index (χ4v) is 2.63. The van der Waals surface area contributed by atoms with Crippen LogP contribution in [0.3, 0.4) is 0 Å².